The van der Waals surface area contributed by atoms with Crippen LogP contribution in [0, 0.1) is 5.82 Å². The number of carbonyl (C=O) groups excluding carboxylic acids is 2. The molecule has 0 radical (unpaired) electrons. The van der Waals surface area contributed by atoms with Crippen molar-refractivity contribution < 1.29 is 23.5 Å². The van der Waals surface area contributed by atoms with E-state index in [-0.39, 0.29) is 5.69 Å². The maximum Gasteiger partial charge on any atom is 0.412 e. The number of halogens is 1. The van der Waals surface area contributed by atoms with E-state index in [1.165, 1.54) is 25.3 Å². The van der Waals surface area contributed by atoms with Gasteiger partial charge in [0.05, 0.1) is 18.5 Å². The van der Waals surface area contributed by atoms with Crippen molar-refractivity contribution in [3.63, 3.8) is 0 Å². The van der Waals surface area contributed by atoms with Gasteiger partial charge in [0, 0.05) is 0 Å². The Morgan fingerprint density at radius 2 is 1.91 bits per heavy atom. The number of amides is 1. The van der Waals surface area contributed by atoms with Crippen LogP contribution in [-0.2, 0) is 14.3 Å². The largest absolute Gasteiger partial charge is 0.467 e. The molecule has 0 saturated carbocycles. The van der Waals surface area contributed by atoms with Gasteiger partial charge in [0.25, 0.3) is 0 Å². The summed E-state index contributed by atoms with van der Waals surface area (Å²) >= 11 is 0. The van der Waals surface area contributed by atoms with Gasteiger partial charge in [0.15, 0.2) is 0 Å². The van der Waals surface area contributed by atoms with E-state index >= 15 is 0 Å². The molecule has 0 bridgehead atoms. The molecule has 1 unspecified atom stereocenters. The van der Waals surface area contributed by atoms with Crippen LogP contribution in [0.5, 0.6) is 0 Å². The van der Waals surface area contributed by atoms with Gasteiger partial charge in [0.2, 0.25) is 0 Å². The minimum Gasteiger partial charge on any atom is -0.467 e. The molecule has 0 fully saturated rings. The van der Waals surface area contributed by atoms with E-state index in [0.29, 0.717) is 12.1 Å². The summed E-state index contributed by atoms with van der Waals surface area (Å²) in [5.41, 5.74) is -0.0773. The van der Waals surface area contributed by atoms with E-state index in [9.17, 15) is 14.0 Å². The number of hydrogen-bond acceptors (Lipinski definition) is 5. The smallest absolute Gasteiger partial charge is 0.412 e. The van der Waals surface area contributed by atoms with E-state index in [1.54, 1.807) is 27.7 Å². The molecule has 128 valence electrons. The molecular formula is C16H23FN2O4. The molecule has 23 heavy (non-hydrogen) atoms. The van der Waals surface area contributed by atoms with Gasteiger partial charge in [-0.05, 0) is 45.4 Å². The van der Waals surface area contributed by atoms with Crippen LogP contribution < -0.4 is 10.6 Å². The Balaban J connectivity index is 2.96. The Bertz CT molecular complexity index is 570. The summed E-state index contributed by atoms with van der Waals surface area (Å²) < 4.78 is 23.3. The highest BCUT2D eigenvalue weighted by molar-refractivity contribution is 5.91. The van der Waals surface area contributed by atoms with Gasteiger partial charge >= 0.3 is 12.1 Å². The third kappa shape index (κ3) is 6.14. The lowest BCUT2D eigenvalue weighted by molar-refractivity contribution is -0.141. The molecule has 0 aromatic heterocycles. The lowest BCUT2D eigenvalue weighted by Crippen LogP contribution is -2.31. The molecular weight excluding hydrogens is 303 g/mol. The molecule has 1 rings (SSSR count). The number of hydrogen-bond donors (Lipinski definition) is 2. The number of ether oxygens (including phenoxy) is 2. The number of nitrogens with one attached hydrogen (secondary N) is 2. The van der Waals surface area contributed by atoms with Gasteiger partial charge in [-0.2, -0.15) is 0 Å². The molecule has 0 aliphatic rings. The quantitative estimate of drug-likeness (QED) is 0.809. The van der Waals surface area contributed by atoms with Crippen molar-refractivity contribution in [2.45, 2.75) is 45.8 Å². The molecule has 0 aliphatic heterocycles. The monoisotopic (exact) mass is 326 g/mol. The van der Waals surface area contributed by atoms with E-state index in [4.69, 9.17) is 4.74 Å². The Labute approximate surface area is 135 Å². The normalized spacial score (nSPS) is 12.3. The predicted octanol–water partition coefficient (Wildman–Crippen LogP) is 3.54. The third-order valence-corrected chi connectivity index (χ3v) is 2.84. The summed E-state index contributed by atoms with van der Waals surface area (Å²) in [5, 5.41) is 5.41. The minimum atomic E-state index is -0.668. The molecule has 0 aliphatic carbocycles. The van der Waals surface area contributed by atoms with Crippen molar-refractivity contribution in [2.24, 2.45) is 0 Å². The molecule has 1 atom stereocenters. The van der Waals surface area contributed by atoms with E-state index in [1.807, 2.05) is 0 Å². The maximum absolute atomic E-state index is 13.5. The number of carbonyl (C=O) groups is 2. The van der Waals surface area contributed by atoms with E-state index < -0.39 is 29.5 Å². The number of anilines is 2. The molecule has 2 N–H and O–H groups in total. The van der Waals surface area contributed by atoms with Gasteiger partial charge in [-0.3, -0.25) is 5.32 Å². The van der Waals surface area contributed by atoms with E-state index in [2.05, 4.69) is 15.4 Å². The van der Waals surface area contributed by atoms with Crippen molar-refractivity contribution in [2.75, 3.05) is 17.7 Å². The van der Waals surface area contributed by atoms with Crippen LogP contribution in [0.2, 0.25) is 0 Å². The van der Waals surface area contributed by atoms with Crippen LogP contribution in [0.3, 0.4) is 0 Å². The standard InChI is InChI=1S/C16H23FN2O4/c1-6-11(14(20)22-5)18-13-9-10(17)7-8-12(13)19-15(21)23-16(2,3)4/h7-9,11,18H,6H2,1-5H3,(H,19,21). The average Bonchev–Trinajstić information content (AvgIpc) is 2.44. The van der Waals surface area contributed by atoms with Gasteiger partial charge < -0.3 is 14.8 Å². The first-order valence-electron chi connectivity index (χ1n) is 7.30. The van der Waals surface area contributed by atoms with Crippen molar-refractivity contribution in [1.82, 2.24) is 0 Å². The summed E-state index contributed by atoms with van der Waals surface area (Å²) in [7, 11) is 1.28. The topological polar surface area (TPSA) is 76.7 Å². The SMILES string of the molecule is CCC(Nc1cc(F)ccc1NC(=O)OC(C)(C)C)C(=O)OC. The Hall–Kier alpha value is -2.31. The third-order valence-electron chi connectivity index (χ3n) is 2.84. The van der Waals surface area contributed by atoms with Crippen LogP contribution >= 0.6 is 0 Å². The number of esters is 1. The van der Waals surface area contributed by atoms with Crippen molar-refractivity contribution >= 4 is 23.4 Å². The highest BCUT2D eigenvalue weighted by Crippen LogP contribution is 2.25. The second kappa shape index (κ2) is 7.80. The van der Waals surface area contributed by atoms with Crippen LogP contribution in [0.25, 0.3) is 0 Å². The van der Waals surface area contributed by atoms with Gasteiger partial charge in [-0.1, -0.05) is 6.92 Å². The zero-order chi connectivity index (χ0) is 17.6. The number of rotatable bonds is 5. The second-order valence-electron chi connectivity index (χ2n) is 5.95. The zero-order valence-electron chi connectivity index (χ0n) is 14.0. The highest BCUT2D eigenvalue weighted by Gasteiger charge is 2.21. The number of benzene rings is 1. The van der Waals surface area contributed by atoms with Gasteiger partial charge in [0.1, 0.15) is 17.5 Å². The Morgan fingerprint density at radius 1 is 1.26 bits per heavy atom. The summed E-state index contributed by atoms with van der Waals surface area (Å²) in [4.78, 5) is 23.5. The van der Waals surface area contributed by atoms with Crippen LogP contribution in [0.15, 0.2) is 18.2 Å². The Morgan fingerprint density at radius 3 is 2.43 bits per heavy atom. The fourth-order valence-electron chi connectivity index (χ4n) is 1.82. The summed E-state index contributed by atoms with van der Waals surface area (Å²) in [6.45, 7) is 7.00. The van der Waals surface area contributed by atoms with Crippen molar-refractivity contribution in [1.29, 1.82) is 0 Å². The first-order valence-corrected chi connectivity index (χ1v) is 7.30. The highest BCUT2D eigenvalue weighted by atomic mass is 19.1. The van der Waals surface area contributed by atoms with E-state index in [0.717, 1.165) is 0 Å². The van der Waals surface area contributed by atoms with Gasteiger partial charge in [-0.25, -0.2) is 14.0 Å². The number of methoxy groups -OCH3 is 1. The van der Waals surface area contributed by atoms with Crippen molar-refractivity contribution in [3.05, 3.63) is 24.0 Å². The molecule has 1 aromatic carbocycles. The van der Waals surface area contributed by atoms with Crippen LogP contribution in [-0.4, -0.2) is 30.8 Å². The fourth-order valence-corrected chi connectivity index (χ4v) is 1.82. The lowest BCUT2D eigenvalue weighted by atomic mass is 10.2. The summed E-state index contributed by atoms with van der Waals surface area (Å²) in [6, 6.07) is 3.14. The van der Waals surface area contributed by atoms with Gasteiger partial charge in [-0.15, -0.1) is 0 Å². The second-order valence-corrected chi connectivity index (χ2v) is 5.95. The minimum absolute atomic E-state index is 0.271. The molecule has 1 amide bonds. The first kappa shape index (κ1) is 18.7. The maximum atomic E-state index is 13.5. The summed E-state index contributed by atoms with van der Waals surface area (Å²) in [5.74, 6) is -0.970. The van der Waals surface area contributed by atoms with Crippen LogP contribution in [0.1, 0.15) is 34.1 Å². The predicted molar refractivity (Wildman–Crippen MR) is 86.0 cm³/mol. The first-order chi connectivity index (χ1) is 10.7. The molecule has 0 spiro atoms. The Kier molecular flexibility index (Phi) is 6.36. The fraction of sp³-hybridized carbons (Fsp3) is 0.500. The average molecular weight is 326 g/mol. The molecule has 0 heterocycles. The lowest BCUT2D eigenvalue weighted by Gasteiger charge is -2.22. The molecule has 1 aromatic rings. The molecule has 0 saturated heterocycles. The zero-order valence-corrected chi connectivity index (χ0v) is 14.0. The van der Waals surface area contributed by atoms with Crippen molar-refractivity contribution in [3.8, 4) is 0 Å². The summed E-state index contributed by atoms with van der Waals surface area (Å²) in [6.07, 6.45) is -0.229. The molecule has 6 nitrogen and oxygen atoms in total. The molecule has 7 heteroatoms. The van der Waals surface area contributed by atoms with Crippen LogP contribution in [0.4, 0.5) is 20.6 Å².